The predicted molar refractivity (Wildman–Crippen MR) is 87.8 cm³/mol. The molecule has 5 atom stereocenters. The van der Waals surface area contributed by atoms with Crippen molar-refractivity contribution < 1.29 is 14.3 Å². The van der Waals surface area contributed by atoms with Crippen LogP contribution in [0, 0.1) is 23.7 Å². The van der Waals surface area contributed by atoms with E-state index >= 15 is 0 Å². The van der Waals surface area contributed by atoms with Gasteiger partial charge in [-0.3, -0.25) is 4.79 Å². The summed E-state index contributed by atoms with van der Waals surface area (Å²) in [5, 5.41) is 5.86. The Balaban J connectivity index is 1.37. The van der Waals surface area contributed by atoms with Crippen LogP contribution in [-0.2, 0) is 9.53 Å². The van der Waals surface area contributed by atoms with E-state index in [1.807, 2.05) is 20.8 Å². The molecular weight excluding hydrogens is 292 g/mol. The first-order valence-electron chi connectivity index (χ1n) is 9.10. The number of rotatable bonds is 4. The molecule has 5 heteroatoms. The lowest BCUT2D eigenvalue weighted by Crippen LogP contribution is -2.43. The van der Waals surface area contributed by atoms with Gasteiger partial charge in [0.2, 0.25) is 5.91 Å². The Morgan fingerprint density at radius 2 is 1.83 bits per heavy atom. The van der Waals surface area contributed by atoms with Crippen LogP contribution in [0.1, 0.15) is 59.3 Å². The highest BCUT2D eigenvalue weighted by atomic mass is 16.6. The van der Waals surface area contributed by atoms with Gasteiger partial charge in [0, 0.05) is 19.0 Å². The van der Waals surface area contributed by atoms with Gasteiger partial charge in [-0.05, 0) is 70.1 Å². The van der Waals surface area contributed by atoms with Crippen molar-refractivity contribution in [3.8, 4) is 0 Å². The summed E-state index contributed by atoms with van der Waals surface area (Å²) in [5.41, 5.74) is -0.507. The molecule has 5 nitrogen and oxygen atoms in total. The Morgan fingerprint density at radius 1 is 1.09 bits per heavy atom. The maximum atomic E-state index is 12.1. The summed E-state index contributed by atoms with van der Waals surface area (Å²) in [6.45, 7) is 5.80. The molecule has 0 radical (unpaired) electrons. The monoisotopic (exact) mass is 322 g/mol. The second-order valence-electron chi connectivity index (χ2n) is 8.51. The lowest BCUT2D eigenvalue weighted by Gasteiger charge is -2.32. The zero-order valence-electron chi connectivity index (χ0n) is 14.6. The molecule has 0 aromatic carbocycles. The normalized spacial score (nSPS) is 35.0. The molecule has 3 rings (SSSR count). The molecule has 23 heavy (non-hydrogen) atoms. The maximum Gasteiger partial charge on any atom is 0.407 e. The summed E-state index contributed by atoms with van der Waals surface area (Å²) in [4.78, 5) is 23.7. The van der Waals surface area contributed by atoms with E-state index in [9.17, 15) is 9.59 Å². The van der Waals surface area contributed by atoms with E-state index in [2.05, 4.69) is 10.6 Å². The molecule has 2 bridgehead atoms. The van der Waals surface area contributed by atoms with Crippen LogP contribution >= 0.6 is 0 Å². The van der Waals surface area contributed by atoms with E-state index in [1.54, 1.807) is 0 Å². The zero-order chi connectivity index (χ0) is 16.6. The predicted octanol–water partition coefficient (Wildman–Crippen LogP) is 2.84. The van der Waals surface area contributed by atoms with Gasteiger partial charge < -0.3 is 15.4 Å². The summed E-state index contributed by atoms with van der Waals surface area (Å²) in [6, 6.07) is 0.369. The van der Waals surface area contributed by atoms with Crippen LogP contribution in [0.2, 0.25) is 0 Å². The average molecular weight is 322 g/mol. The van der Waals surface area contributed by atoms with Crippen molar-refractivity contribution in [1.29, 1.82) is 0 Å². The Bertz CT molecular complexity index is 471. The topological polar surface area (TPSA) is 67.4 Å². The number of nitrogens with one attached hydrogen (secondary N) is 2. The smallest absolute Gasteiger partial charge is 0.407 e. The minimum absolute atomic E-state index is 0.0492. The molecule has 0 aromatic rings. The zero-order valence-corrected chi connectivity index (χ0v) is 14.6. The molecule has 130 valence electrons. The third-order valence-electron chi connectivity index (χ3n) is 5.80. The first-order chi connectivity index (χ1) is 10.8. The molecule has 0 aliphatic heterocycles. The first-order valence-corrected chi connectivity index (χ1v) is 9.10. The van der Waals surface area contributed by atoms with Gasteiger partial charge in [-0.15, -0.1) is 0 Å². The largest absolute Gasteiger partial charge is 0.444 e. The molecule has 0 unspecified atom stereocenters. The van der Waals surface area contributed by atoms with Gasteiger partial charge in [0.05, 0.1) is 0 Å². The lowest BCUT2D eigenvalue weighted by molar-refractivity contribution is -0.122. The second-order valence-corrected chi connectivity index (χ2v) is 8.51. The summed E-state index contributed by atoms with van der Waals surface area (Å²) in [5.74, 6) is 3.40. The lowest BCUT2D eigenvalue weighted by atomic mass is 9.79. The van der Waals surface area contributed by atoms with Gasteiger partial charge in [-0.1, -0.05) is 6.42 Å². The fraction of sp³-hybridized carbons (Fsp3) is 0.889. The molecule has 3 aliphatic carbocycles. The molecule has 2 amide bonds. The van der Waals surface area contributed by atoms with E-state index in [0.717, 1.165) is 24.2 Å². The minimum Gasteiger partial charge on any atom is -0.444 e. The minimum atomic E-state index is -0.507. The van der Waals surface area contributed by atoms with Crippen molar-refractivity contribution in [3.63, 3.8) is 0 Å². The molecule has 0 heterocycles. The number of hydrogen-bond donors (Lipinski definition) is 2. The summed E-state index contributed by atoms with van der Waals surface area (Å²) >= 11 is 0. The van der Waals surface area contributed by atoms with E-state index < -0.39 is 11.7 Å². The van der Waals surface area contributed by atoms with Crippen molar-refractivity contribution in [3.05, 3.63) is 0 Å². The van der Waals surface area contributed by atoms with Crippen molar-refractivity contribution in [2.75, 3.05) is 6.54 Å². The van der Waals surface area contributed by atoms with Crippen LogP contribution in [-0.4, -0.2) is 30.2 Å². The number of carbonyl (C=O) groups excluding carboxylic acids is 2. The summed E-state index contributed by atoms with van der Waals surface area (Å²) < 4.78 is 5.16. The van der Waals surface area contributed by atoms with Crippen molar-refractivity contribution in [2.24, 2.45) is 23.7 Å². The van der Waals surface area contributed by atoms with Crippen molar-refractivity contribution in [1.82, 2.24) is 10.6 Å². The Morgan fingerprint density at radius 3 is 2.57 bits per heavy atom. The van der Waals surface area contributed by atoms with Crippen LogP contribution in [0.25, 0.3) is 0 Å². The van der Waals surface area contributed by atoms with Crippen LogP contribution in [0.5, 0.6) is 0 Å². The Labute approximate surface area is 138 Å². The standard InChI is InChI=1S/C18H30N2O3/c1-18(2,3)23-17(22)19-8-7-16(21)20-15-10-11-9-14(15)13-6-4-5-12(11)13/h11-15H,4-10H2,1-3H3,(H,19,22)(H,20,21)/t11-,12-,13+,14+,15-/m1/s1. The van der Waals surface area contributed by atoms with Crippen LogP contribution < -0.4 is 10.6 Å². The molecule has 0 saturated heterocycles. The first kappa shape index (κ1) is 16.6. The highest BCUT2D eigenvalue weighted by Crippen LogP contribution is 2.58. The second kappa shape index (κ2) is 6.33. The number of fused-ring (bicyclic) bond motifs is 5. The van der Waals surface area contributed by atoms with Gasteiger partial charge in [-0.25, -0.2) is 4.79 Å². The summed E-state index contributed by atoms with van der Waals surface area (Å²) in [6.07, 6.45) is 6.49. The SMILES string of the molecule is CC(C)(C)OC(=O)NCCC(=O)N[C@@H]1C[C@H]2C[C@H]1[C@H]1CCC[C@H]21. The van der Waals surface area contributed by atoms with E-state index in [0.29, 0.717) is 24.9 Å². The average Bonchev–Trinajstić information content (AvgIpc) is 3.07. The number of hydrogen-bond acceptors (Lipinski definition) is 3. The van der Waals surface area contributed by atoms with Crippen molar-refractivity contribution >= 4 is 12.0 Å². The van der Waals surface area contributed by atoms with Gasteiger partial charge in [0.15, 0.2) is 0 Å². The molecule has 0 spiro atoms. The highest BCUT2D eigenvalue weighted by molar-refractivity contribution is 5.77. The van der Waals surface area contributed by atoms with E-state index in [1.165, 1.54) is 25.7 Å². The van der Waals surface area contributed by atoms with E-state index in [-0.39, 0.29) is 5.91 Å². The van der Waals surface area contributed by atoms with Gasteiger partial charge >= 0.3 is 6.09 Å². The van der Waals surface area contributed by atoms with Crippen molar-refractivity contribution in [2.45, 2.75) is 70.9 Å². The molecular formula is C18H30N2O3. The number of carbonyl (C=O) groups is 2. The third kappa shape index (κ3) is 3.81. The Hall–Kier alpha value is -1.26. The van der Waals surface area contributed by atoms with Crippen LogP contribution in [0.4, 0.5) is 4.79 Å². The van der Waals surface area contributed by atoms with Crippen LogP contribution in [0.15, 0.2) is 0 Å². The molecule has 2 N–H and O–H groups in total. The Kier molecular flexibility index (Phi) is 4.56. The molecule has 3 fully saturated rings. The fourth-order valence-electron chi connectivity index (χ4n) is 5.11. The summed E-state index contributed by atoms with van der Waals surface area (Å²) in [7, 11) is 0. The van der Waals surface area contributed by atoms with Gasteiger partial charge in [0.1, 0.15) is 5.60 Å². The maximum absolute atomic E-state index is 12.1. The number of ether oxygens (including phenoxy) is 1. The van der Waals surface area contributed by atoms with E-state index in [4.69, 9.17) is 4.74 Å². The molecule has 3 aliphatic rings. The highest BCUT2D eigenvalue weighted by Gasteiger charge is 2.53. The fourth-order valence-corrected chi connectivity index (χ4v) is 5.11. The molecule has 3 saturated carbocycles. The third-order valence-corrected chi connectivity index (χ3v) is 5.80. The van der Waals surface area contributed by atoms with Gasteiger partial charge in [-0.2, -0.15) is 0 Å². The quantitative estimate of drug-likeness (QED) is 0.836. The molecule has 0 aromatic heterocycles. The number of amides is 2. The van der Waals surface area contributed by atoms with Gasteiger partial charge in [0.25, 0.3) is 0 Å². The number of alkyl carbamates (subject to hydrolysis) is 1. The van der Waals surface area contributed by atoms with Crippen LogP contribution in [0.3, 0.4) is 0 Å².